The van der Waals surface area contributed by atoms with E-state index in [9.17, 15) is 4.79 Å². The van der Waals surface area contributed by atoms with E-state index < -0.39 is 0 Å². The predicted molar refractivity (Wildman–Crippen MR) is 119 cm³/mol. The first-order chi connectivity index (χ1) is 15.1. The van der Waals surface area contributed by atoms with Crippen molar-refractivity contribution < 1.29 is 14.3 Å². The molecule has 0 aliphatic heterocycles. The Morgan fingerprint density at radius 2 is 1.23 bits per heavy atom. The van der Waals surface area contributed by atoms with E-state index in [-0.39, 0.29) is 11.9 Å². The molecule has 154 valence electrons. The largest absolute Gasteiger partial charge is 0.457 e. The fourth-order valence-corrected chi connectivity index (χ4v) is 3.05. The Morgan fingerprint density at radius 1 is 0.710 bits per heavy atom. The van der Waals surface area contributed by atoms with Gasteiger partial charge in [0, 0.05) is 0 Å². The lowest BCUT2D eigenvalue weighted by atomic mass is 10.1. The Balaban J connectivity index is 1.55. The van der Waals surface area contributed by atoms with Crippen LogP contribution in [0.5, 0.6) is 23.3 Å². The van der Waals surface area contributed by atoms with E-state index in [4.69, 9.17) is 9.47 Å². The summed E-state index contributed by atoms with van der Waals surface area (Å²) in [4.78, 5) is 21.8. The molecule has 6 nitrogen and oxygen atoms in total. The van der Waals surface area contributed by atoms with E-state index in [0.717, 1.165) is 0 Å². The van der Waals surface area contributed by atoms with Gasteiger partial charge in [-0.1, -0.05) is 48.5 Å². The molecule has 0 saturated carbocycles. The van der Waals surface area contributed by atoms with Crippen LogP contribution in [0.4, 0.5) is 5.69 Å². The zero-order valence-corrected chi connectivity index (χ0v) is 17.2. The van der Waals surface area contributed by atoms with Gasteiger partial charge in [-0.05, 0) is 50.2 Å². The number of hydrogen-bond donors (Lipinski definition) is 1. The number of aryl methyl sites for hydroxylation is 2. The lowest BCUT2D eigenvalue weighted by Gasteiger charge is -2.14. The highest BCUT2D eigenvalue weighted by Gasteiger charge is 2.17. The average Bonchev–Trinajstić information content (AvgIpc) is 2.78. The molecule has 0 aliphatic carbocycles. The molecule has 0 radical (unpaired) electrons. The lowest BCUT2D eigenvalue weighted by Crippen LogP contribution is -2.16. The molecule has 1 aromatic heterocycles. The second kappa shape index (κ2) is 9.09. The summed E-state index contributed by atoms with van der Waals surface area (Å²) in [6.45, 7) is 3.60. The molecule has 0 saturated heterocycles. The van der Waals surface area contributed by atoms with Gasteiger partial charge in [0.15, 0.2) is 0 Å². The van der Waals surface area contributed by atoms with E-state index in [2.05, 4.69) is 15.3 Å². The molecule has 1 heterocycles. The van der Waals surface area contributed by atoms with Crippen LogP contribution in [0.1, 0.15) is 21.7 Å². The van der Waals surface area contributed by atoms with Crippen molar-refractivity contribution in [2.24, 2.45) is 0 Å². The standard InChI is InChI=1S/C25H21N3O3/c1-17-23(18(2)27-25(26-17)31-20-13-7-4-8-14-20)28-24(29)21-15-9-10-16-22(21)30-19-11-5-3-6-12-19/h3-16H,1-2H3,(H,28,29). The minimum atomic E-state index is -0.307. The highest BCUT2D eigenvalue weighted by Crippen LogP contribution is 2.28. The molecule has 6 heteroatoms. The van der Waals surface area contributed by atoms with Crippen LogP contribution in [0.3, 0.4) is 0 Å². The Morgan fingerprint density at radius 3 is 1.84 bits per heavy atom. The summed E-state index contributed by atoms with van der Waals surface area (Å²) in [5, 5.41) is 2.91. The van der Waals surface area contributed by atoms with Gasteiger partial charge in [-0.15, -0.1) is 0 Å². The summed E-state index contributed by atoms with van der Waals surface area (Å²) in [5.74, 6) is 1.45. The first kappa shape index (κ1) is 20.1. The van der Waals surface area contributed by atoms with Crippen molar-refractivity contribution in [2.45, 2.75) is 13.8 Å². The molecule has 0 atom stereocenters. The van der Waals surface area contributed by atoms with Crippen LogP contribution in [0, 0.1) is 13.8 Å². The van der Waals surface area contributed by atoms with Crippen LogP contribution in [-0.4, -0.2) is 15.9 Å². The molecular formula is C25H21N3O3. The third-order valence-electron chi connectivity index (χ3n) is 4.54. The number of rotatable bonds is 6. The number of carbonyl (C=O) groups excluding carboxylic acids is 1. The minimum Gasteiger partial charge on any atom is -0.457 e. The molecule has 0 unspecified atom stereocenters. The molecular weight excluding hydrogens is 390 g/mol. The van der Waals surface area contributed by atoms with Crippen LogP contribution in [0.15, 0.2) is 84.9 Å². The Labute approximate surface area is 180 Å². The lowest BCUT2D eigenvalue weighted by molar-refractivity contribution is 0.102. The summed E-state index contributed by atoms with van der Waals surface area (Å²) in [5.41, 5.74) is 2.16. The van der Waals surface area contributed by atoms with E-state index in [1.807, 2.05) is 66.7 Å². The summed E-state index contributed by atoms with van der Waals surface area (Å²) < 4.78 is 11.6. The highest BCUT2D eigenvalue weighted by atomic mass is 16.5. The summed E-state index contributed by atoms with van der Waals surface area (Å²) in [6.07, 6.45) is 0. The first-order valence-electron chi connectivity index (χ1n) is 9.81. The number of anilines is 1. The molecule has 0 fully saturated rings. The number of nitrogens with zero attached hydrogens (tertiary/aromatic N) is 2. The van der Waals surface area contributed by atoms with Crippen molar-refractivity contribution in [3.63, 3.8) is 0 Å². The minimum absolute atomic E-state index is 0.229. The fraction of sp³-hybridized carbons (Fsp3) is 0.0800. The third kappa shape index (κ3) is 4.87. The van der Waals surface area contributed by atoms with Gasteiger partial charge in [0.05, 0.1) is 22.6 Å². The molecule has 0 aliphatic rings. The van der Waals surface area contributed by atoms with Crippen LogP contribution >= 0.6 is 0 Å². The molecule has 31 heavy (non-hydrogen) atoms. The van der Waals surface area contributed by atoms with E-state index in [1.54, 1.807) is 32.0 Å². The zero-order valence-electron chi connectivity index (χ0n) is 17.2. The number of ether oxygens (including phenoxy) is 2. The maximum atomic E-state index is 13.0. The summed E-state index contributed by atoms with van der Waals surface area (Å²) in [7, 11) is 0. The predicted octanol–water partition coefficient (Wildman–Crippen LogP) is 5.93. The second-order valence-corrected chi connectivity index (χ2v) is 6.83. The van der Waals surface area contributed by atoms with Gasteiger partial charge in [0.2, 0.25) is 0 Å². The summed E-state index contributed by atoms with van der Waals surface area (Å²) >= 11 is 0. The van der Waals surface area contributed by atoms with Crippen LogP contribution in [0.25, 0.3) is 0 Å². The van der Waals surface area contributed by atoms with Crippen molar-refractivity contribution in [1.82, 2.24) is 9.97 Å². The van der Waals surface area contributed by atoms with Crippen molar-refractivity contribution in [3.8, 4) is 23.3 Å². The number of nitrogens with one attached hydrogen (secondary N) is 1. The van der Waals surface area contributed by atoms with Crippen molar-refractivity contribution in [3.05, 3.63) is 102 Å². The SMILES string of the molecule is Cc1nc(Oc2ccccc2)nc(C)c1NC(=O)c1ccccc1Oc1ccccc1. The van der Waals surface area contributed by atoms with Crippen molar-refractivity contribution in [1.29, 1.82) is 0 Å². The fourth-order valence-electron chi connectivity index (χ4n) is 3.05. The van der Waals surface area contributed by atoms with Crippen molar-refractivity contribution in [2.75, 3.05) is 5.32 Å². The second-order valence-electron chi connectivity index (χ2n) is 6.83. The van der Waals surface area contributed by atoms with E-state index in [0.29, 0.717) is 39.9 Å². The molecule has 0 spiro atoms. The first-order valence-corrected chi connectivity index (χ1v) is 9.81. The van der Waals surface area contributed by atoms with Crippen LogP contribution < -0.4 is 14.8 Å². The molecule has 4 rings (SSSR count). The number of para-hydroxylation sites is 3. The molecule has 0 bridgehead atoms. The number of benzene rings is 3. The van der Waals surface area contributed by atoms with Crippen molar-refractivity contribution >= 4 is 11.6 Å². The quantitative estimate of drug-likeness (QED) is 0.426. The number of hydrogen-bond acceptors (Lipinski definition) is 5. The van der Waals surface area contributed by atoms with E-state index >= 15 is 0 Å². The van der Waals surface area contributed by atoms with Gasteiger partial charge >= 0.3 is 6.01 Å². The average molecular weight is 411 g/mol. The maximum absolute atomic E-state index is 13.0. The van der Waals surface area contributed by atoms with Gasteiger partial charge in [-0.3, -0.25) is 4.79 Å². The zero-order chi connectivity index (χ0) is 21.6. The van der Waals surface area contributed by atoms with Gasteiger partial charge in [0.1, 0.15) is 17.2 Å². The van der Waals surface area contributed by atoms with Gasteiger partial charge in [-0.25, -0.2) is 0 Å². The van der Waals surface area contributed by atoms with Gasteiger partial charge in [0.25, 0.3) is 5.91 Å². The number of amides is 1. The highest BCUT2D eigenvalue weighted by molar-refractivity contribution is 6.06. The normalized spacial score (nSPS) is 10.4. The molecule has 3 aromatic carbocycles. The van der Waals surface area contributed by atoms with Gasteiger partial charge < -0.3 is 14.8 Å². The Kier molecular flexibility index (Phi) is 5.89. The molecule has 1 amide bonds. The van der Waals surface area contributed by atoms with E-state index in [1.165, 1.54) is 0 Å². The number of carbonyl (C=O) groups is 1. The van der Waals surface area contributed by atoms with Crippen LogP contribution in [-0.2, 0) is 0 Å². The monoisotopic (exact) mass is 411 g/mol. The topological polar surface area (TPSA) is 73.3 Å². The molecule has 1 N–H and O–H groups in total. The Hall–Kier alpha value is -4.19. The smallest absolute Gasteiger partial charge is 0.322 e. The van der Waals surface area contributed by atoms with Gasteiger partial charge in [-0.2, -0.15) is 9.97 Å². The maximum Gasteiger partial charge on any atom is 0.322 e. The molecule has 4 aromatic rings. The number of aromatic nitrogens is 2. The van der Waals surface area contributed by atoms with Crippen LogP contribution in [0.2, 0.25) is 0 Å². The Bertz CT molecular complexity index is 1170. The third-order valence-corrected chi connectivity index (χ3v) is 4.54. The summed E-state index contributed by atoms with van der Waals surface area (Å²) in [6, 6.07) is 26.0.